The van der Waals surface area contributed by atoms with Gasteiger partial charge in [0.15, 0.2) is 0 Å². The number of carbonyl (C=O) groups is 2. The zero-order valence-corrected chi connectivity index (χ0v) is 13.2. The van der Waals surface area contributed by atoms with Crippen LogP contribution in [0.4, 0.5) is 5.00 Å². The third kappa shape index (κ3) is 3.49. The summed E-state index contributed by atoms with van der Waals surface area (Å²) in [6.07, 6.45) is 3.80. The van der Waals surface area contributed by atoms with Crippen LogP contribution in [0, 0.1) is 0 Å². The van der Waals surface area contributed by atoms with Gasteiger partial charge in [-0.3, -0.25) is 9.59 Å². The molecule has 2 amide bonds. The number of carbonyl (C=O) groups excluding carboxylic acids is 2. The van der Waals surface area contributed by atoms with Crippen molar-refractivity contribution >= 4 is 34.2 Å². The SMILES string of the molecule is NC(=O)c1c(NC(=O)/C=C/c2ccccc2)sc2c1CCOC2. The van der Waals surface area contributed by atoms with Gasteiger partial charge >= 0.3 is 0 Å². The molecular weight excluding hydrogens is 312 g/mol. The van der Waals surface area contributed by atoms with Crippen molar-refractivity contribution < 1.29 is 14.3 Å². The van der Waals surface area contributed by atoms with Crippen LogP contribution in [0.1, 0.15) is 26.4 Å². The molecule has 1 aromatic heterocycles. The first-order valence-corrected chi connectivity index (χ1v) is 8.03. The number of hydrogen-bond acceptors (Lipinski definition) is 4. The number of benzene rings is 1. The molecule has 3 N–H and O–H groups in total. The van der Waals surface area contributed by atoms with Crippen LogP contribution in [0.25, 0.3) is 6.08 Å². The van der Waals surface area contributed by atoms with Gasteiger partial charge in [0, 0.05) is 11.0 Å². The first-order valence-electron chi connectivity index (χ1n) is 7.21. The molecule has 1 aliphatic heterocycles. The van der Waals surface area contributed by atoms with Crippen LogP contribution in [-0.4, -0.2) is 18.4 Å². The minimum atomic E-state index is -0.522. The second-order valence-electron chi connectivity index (χ2n) is 5.11. The molecule has 0 fully saturated rings. The Labute approximate surface area is 137 Å². The summed E-state index contributed by atoms with van der Waals surface area (Å²) in [5, 5.41) is 3.25. The molecule has 5 nitrogen and oxygen atoms in total. The Morgan fingerprint density at radius 1 is 1.26 bits per heavy atom. The van der Waals surface area contributed by atoms with Crippen LogP contribution in [0.3, 0.4) is 0 Å². The lowest BCUT2D eigenvalue weighted by Gasteiger charge is -2.12. The molecule has 0 aliphatic carbocycles. The van der Waals surface area contributed by atoms with Crippen LogP contribution >= 0.6 is 11.3 Å². The van der Waals surface area contributed by atoms with E-state index in [0.29, 0.717) is 30.2 Å². The summed E-state index contributed by atoms with van der Waals surface area (Å²) in [5.41, 5.74) is 7.72. The molecule has 0 unspecified atom stereocenters. The number of nitrogens with two attached hydrogens (primary N) is 1. The summed E-state index contributed by atoms with van der Waals surface area (Å²) in [6.45, 7) is 1.02. The van der Waals surface area contributed by atoms with Crippen LogP contribution in [0.2, 0.25) is 0 Å². The Kier molecular flexibility index (Phi) is 4.55. The lowest BCUT2D eigenvalue weighted by molar-refractivity contribution is -0.111. The molecule has 1 aliphatic rings. The van der Waals surface area contributed by atoms with Gasteiger partial charge in [0.05, 0.1) is 18.8 Å². The number of amides is 2. The van der Waals surface area contributed by atoms with E-state index in [-0.39, 0.29) is 5.91 Å². The number of ether oxygens (including phenoxy) is 1. The van der Waals surface area contributed by atoms with Gasteiger partial charge in [0.25, 0.3) is 5.91 Å². The Bertz CT molecular complexity index is 766. The molecule has 1 aromatic carbocycles. The number of primary amides is 1. The third-order valence-electron chi connectivity index (χ3n) is 3.53. The fourth-order valence-corrected chi connectivity index (χ4v) is 3.66. The number of fused-ring (bicyclic) bond motifs is 1. The summed E-state index contributed by atoms with van der Waals surface area (Å²) in [6, 6.07) is 9.51. The highest BCUT2D eigenvalue weighted by Gasteiger charge is 2.24. The first-order chi connectivity index (χ1) is 11.1. The zero-order chi connectivity index (χ0) is 16.2. The van der Waals surface area contributed by atoms with E-state index >= 15 is 0 Å². The van der Waals surface area contributed by atoms with Crippen LogP contribution in [-0.2, 0) is 22.6 Å². The topological polar surface area (TPSA) is 81.4 Å². The summed E-state index contributed by atoms with van der Waals surface area (Å²) < 4.78 is 5.39. The minimum absolute atomic E-state index is 0.295. The monoisotopic (exact) mass is 328 g/mol. The van der Waals surface area contributed by atoms with Gasteiger partial charge in [-0.05, 0) is 23.6 Å². The maximum atomic E-state index is 12.1. The quantitative estimate of drug-likeness (QED) is 0.846. The van der Waals surface area contributed by atoms with Gasteiger partial charge < -0.3 is 15.8 Å². The molecule has 0 radical (unpaired) electrons. The van der Waals surface area contributed by atoms with Gasteiger partial charge in [-0.15, -0.1) is 11.3 Å². The van der Waals surface area contributed by atoms with Gasteiger partial charge in [-0.25, -0.2) is 0 Å². The summed E-state index contributed by atoms with van der Waals surface area (Å²) >= 11 is 1.35. The number of hydrogen-bond donors (Lipinski definition) is 2. The molecule has 6 heteroatoms. The van der Waals surface area contributed by atoms with Gasteiger partial charge in [-0.2, -0.15) is 0 Å². The van der Waals surface area contributed by atoms with Gasteiger partial charge in [0.2, 0.25) is 5.91 Å². The van der Waals surface area contributed by atoms with Crippen molar-refractivity contribution in [3.63, 3.8) is 0 Å². The van der Waals surface area contributed by atoms with Crippen molar-refractivity contribution in [1.82, 2.24) is 0 Å². The molecule has 3 rings (SSSR count). The molecule has 0 saturated carbocycles. The largest absolute Gasteiger partial charge is 0.376 e. The maximum Gasteiger partial charge on any atom is 0.251 e. The van der Waals surface area contributed by atoms with Crippen molar-refractivity contribution in [2.45, 2.75) is 13.0 Å². The third-order valence-corrected chi connectivity index (χ3v) is 4.65. The van der Waals surface area contributed by atoms with Crippen LogP contribution < -0.4 is 11.1 Å². The number of rotatable bonds is 4. The predicted octanol–water partition coefficient (Wildman–Crippen LogP) is 2.57. The van der Waals surface area contributed by atoms with Crippen molar-refractivity contribution in [2.24, 2.45) is 5.73 Å². The standard InChI is InChI=1S/C17H16N2O3S/c18-16(21)15-12-8-9-22-10-13(12)23-17(15)19-14(20)7-6-11-4-2-1-3-5-11/h1-7H,8-10H2,(H2,18,21)(H,19,20)/b7-6+. The number of thiophene rings is 1. The van der Waals surface area contributed by atoms with Gasteiger partial charge in [-0.1, -0.05) is 30.3 Å². The normalized spacial score (nSPS) is 13.7. The second-order valence-corrected chi connectivity index (χ2v) is 6.21. The Balaban J connectivity index is 1.80. The number of anilines is 1. The second kappa shape index (κ2) is 6.76. The van der Waals surface area contributed by atoms with Crippen molar-refractivity contribution in [1.29, 1.82) is 0 Å². The van der Waals surface area contributed by atoms with Crippen LogP contribution in [0.5, 0.6) is 0 Å². The fraction of sp³-hybridized carbons (Fsp3) is 0.176. The lowest BCUT2D eigenvalue weighted by atomic mass is 10.1. The van der Waals surface area contributed by atoms with Gasteiger partial charge in [0.1, 0.15) is 5.00 Å². The van der Waals surface area contributed by atoms with E-state index < -0.39 is 5.91 Å². The molecule has 0 bridgehead atoms. The van der Waals surface area contributed by atoms with E-state index in [2.05, 4.69) is 5.32 Å². The summed E-state index contributed by atoms with van der Waals surface area (Å²) in [5.74, 6) is -0.817. The van der Waals surface area contributed by atoms with E-state index in [1.54, 1.807) is 6.08 Å². The Morgan fingerprint density at radius 2 is 2.04 bits per heavy atom. The first kappa shape index (κ1) is 15.5. The van der Waals surface area contributed by atoms with E-state index in [0.717, 1.165) is 16.0 Å². The fourth-order valence-electron chi connectivity index (χ4n) is 2.47. The molecule has 23 heavy (non-hydrogen) atoms. The van der Waals surface area contributed by atoms with E-state index in [4.69, 9.17) is 10.5 Å². The minimum Gasteiger partial charge on any atom is -0.376 e. The Morgan fingerprint density at radius 3 is 2.78 bits per heavy atom. The van der Waals surface area contributed by atoms with E-state index in [1.807, 2.05) is 30.3 Å². The average Bonchev–Trinajstić information content (AvgIpc) is 2.91. The number of nitrogens with one attached hydrogen (secondary N) is 1. The average molecular weight is 328 g/mol. The molecule has 2 heterocycles. The molecule has 0 spiro atoms. The van der Waals surface area contributed by atoms with E-state index in [9.17, 15) is 9.59 Å². The predicted molar refractivity (Wildman–Crippen MR) is 90.3 cm³/mol. The molecule has 0 saturated heterocycles. The van der Waals surface area contributed by atoms with E-state index in [1.165, 1.54) is 17.4 Å². The molecule has 2 aromatic rings. The van der Waals surface area contributed by atoms with Crippen molar-refractivity contribution in [3.8, 4) is 0 Å². The molecule has 0 atom stereocenters. The highest BCUT2D eigenvalue weighted by atomic mass is 32.1. The summed E-state index contributed by atoms with van der Waals surface area (Å²) in [4.78, 5) is 24.8. The maximum absolute atomic E-state index is 12.1. The molecule has 118 valence electrons. The lowest BCUT2D eigenvalue weighted by Crippen LogP contribution is -2.18. The van der Waals surface area contributed by atoms with Crippen molar-refractivity contribution in [3.05, 3.63) is 58.0 Å². The van der Waals surface area contributed by atoms with Crippen molar-refractivity contribution in [2.75, 3.05) is 11.9 Å². The van der Waals surface area contributed by atoms with Crippen LogP contribution in [0.15, 0.2) is 36.4 Å². The zero-order valence-electron chi connectivity index (χ0n) is 12.4. The summed E-state index contributed by atoms with van der Waals surface area (Å²) in [7, 11) is 0. The molecular formula is C17H16N2O3S. The Hall–Kier alpha value is -2.44. The smallest absolute Gasteiger partial charge is 0.251 e. The highest BCUT2D eigenvalue weighted by Crippen LogP contribution is 2.36. The highest BCUT2D eigenvalue weighted by molar-refractivity contribution is 7.17.